The molecule has 1 amide bonds. The monoisotopic (exact) mass is 306 g/mol. The smallest absolute Gasteiger partial charge is 0.224 e. The third kappa shape index (κ3) is 5.84. The van der Waals surface area contributed by atoms with Gasteiger partial charge in [-0.2, -0.15) is 0 Å². The normalized spacial score (nSPS) is 11.9. The summed E-state index contributed by atoms with van der Waals surface area (Å²) in [6, 6.07) is 3.39. The van der Waals surface area contributed by atoms with E-state index in [0.29, 0.717) is 12.5 Å². The molecule has 1 aromatic carbocycles. The maximum absolute atomic E-state index is 13.4. The van der Waals surface area contributed by atoms with E-state index in [1.54, 1.807) is 0 Å². The average Bonchev–Trinajstić information content (AvgIpc) is 2.32. The first kappa shape index (κ1) is 18.8. The largest absolute Gasteiger partial charge is 0.352 e. The Morgan fingerprint density at radius 3 is 2.30 bits per heavy atom. The zero-order valence-electron chi connectivity index (χ0n) is 11.7. The Balaban J connectivity index is 0.00000361. The predicted molar refractivity (Wildman–Crippen MR) is 77.8 cm³/mol. The van der Waals surface area contributed by atoms with Crippen LogP contribution in [0.1, 0.15) is 25.8 Å². The van der Waals surface area contributed by atoms with Crippen LogP contribution >= 0.6 is 12.4 Å². The van der Waals surface area contributed by atoms with Gasteiger partial charge in [0.1, 0.15) is 11.6 Å². The summed E-state index contributed by atoms with van der Waals surface area (Å²) in [5.41, 5.74) is 5.35. The first-order chi connectivity index (χ1) is 8.93. The second kappa shape index (κ2) is 8.87. The highest BCUT2D eigenvalue weighted by atomic mass is 35.5. The lowest BCUT2D eigenvalue weighted by molar-refractivity contribution is -0.121. The van der Waals surface area contributed by atoms with Gasteiger partial charge in [0.15, 0.2) is 0 Å². The summed E-state index contributed by atoms with van der Waals surface area (Å²) in [4.78, 5) is 11.8. The summed E-state index contributed by atoms with van der Waals surface area (Å²) in [7, 11) is 0. The molecule has 0 heterocycles. The number of carbonyl (C=O) groups is 1. The molecule has 1 atom stereocenters. The number of hydrogen-bond donors (Lipinski definition) is 2. The van der Waals surface area contributed by atoms with Gasteiger partial charge in [-0.25, -0.2) is 8.78 Å². The number of amides is 1. The molecule has 0 bridgehead atoms. The summed E-state index contributed by atoms with van der Waals surface area (Å²) in [5.74, 6) is -1.44. The van der Waals surface area contributed by atoms with Crippen LogP contribution < -0.4 is 11.1 Å². The zero-order valence-corrected chi connectivity index (χ0v) is 12.5. The van der Waals surface area contributed by atoms with E-state index in [1.807, 2.05) is 13.8 Å². The summed E-state index contributed by atoms with van der Waals surface area (Å²) >= 11 is 0. The fourth-order valence-corrected chi connectivity index (χ4v) is 1.92. The van der Waals surface area contributed by atoms with Gasteiger partial charge >= 0.3 is 0 Å². The van der Waals surface area contributed by atoms with Crippen molar-refractivity contribution in [2.75, 3.05) is 6.54 Å². The van der Waals surface area contributed by atoms with Crippen molar-refractivity contribution in [3.63, 3.8) is 0 Å². The van der Waals surface area contributed by atoms with E-state index in [9.17, 15) is 13.6 Å². The number of hydrogen-bond acceptors (Lipinski definition) is 2. The highest BCUT2D eigenvalue weighted by Gasteiger charge is 2.16. The van der Waals surface area contributed by atoms with E-state index in [1.165, 1.54) is 6.07 Å². The van der Waals surface area contributed by atoms with Gasteiger partial charge in [0, 0.05) is 18.2 Å². The van der Waals surface area contributed by atoms with Gasteiger partial charge in [-0.3, -0.25) is 4.79 Å². The van der Waals surface area contributed by atoms with Gasteiger partial charge in [-0.15, -0.1) is 12.4 Å². The van der Waals surface area contributed by atoms with Gasteiger partial charge in [0.2, 0.25) is 5.91 Å². The lowest BCUT2D eigenvalue weighted by Crippen LogP contribution is -2.41. The molecule has 0 aliphatic heterocycles. The van der Waals surface area contributed by atoms with Crippen LogP contribution in [0.4, 0.5) is 8.78 Å². The molecule has 1 aromatic rings. The van der Waals surface area contributed by atoms with E-state index >= 15 is 0 Å². The third-order valence-electron chi connectivity index (χ3n) is 2.80. The minimum Gasteiger partial charge on any atom is -0.352 e. The van der Waals surface area contributed by atoms with Gasteiger partial charge in [-0.1, -0.05) is 19.9 Å². The van der Waals surface area contributed by atoms with Crippen molar-refractivity contribution in [1.29, 1.82) is 0 Å². The van der Waals surface area contributed by atoms with Crippen molar-refractivity contribution in [3.05, 3.63) is 35.4 Å². The van der Waals surface area contributed by atoms with Crippen molar-refractivity contribution in [2.45, 2.75) is 32.7 Å². The fourth-order valence-electron chi connectivity index (χ4n) is 1.92. The molecule has 1 rings (SSSR count). The van der Waals surface area contributed by atoms with Gasteiger partial charge in [0.05, 0.1) is 6.42 Å². The highest BCUT2D eigenvalue weighted by Crippen LogP contribution is 2.13. The van der Waals surface area contributed by atoms with Gasteiger partial charge in [-0.05, 0) is 24.5 Å². The van der Waals surface area contributed by atoms with E-state index < -0.39 is 17.5 Å². The molecular weight excluding hydrogens is 286 g/mol. The molecule has 0 spiro atoms. The van der Waals surface area contributed by atoms with Crippen LogP contribution in [0.3, 0.4) is 0 Å². The van der Waals surface area contributed by atoms with E-state index in [0.717, 1.165) is 18.6 Å². The Morgan fingerprint density at radius 2 is 1.85 bits per heavy atom. The van der Waals surface area contributed by atoms with Crippen molar-refractivity contribution >= 4 is 18.3 Å². The first-order valence-electron chi connectivity index (χ1n) is 6.36. The lowest BCUT2D eigenvalue weighted by Gasteiger charge is -2.19. The van der Waals surface area contributed by atoms with Crippen LogP contribution in [-0.2, 0) is 11.2 Å². The van der Waals surface area contributed by atoms with Crippen molar-refractivity contribution < 1.29 is 13.6 Å². The standard InChI is InChI=1S/C14H20F2N2O.ClH/c1-9(2)6-10(8-17)18-14(19)7-11-12(15)4-3-5-13(11)16;/h3-5,9-10H,6-8,17H2,1-2H3,(H,18,19);1H. The van der Waals surface area contributed by atoms with E-state index in [2.05, 4.69) is 5.32 Å². The molecule has 0 radical (unpaired) electrons. The number of carbonyl (C=O) groups excluding carboxylic acids is 1. The fraction of sp³-hybridized carbons (Fsp3) is 0.500. The molecule has 3 nitrogen and oxygen atoms in total. The number of halogens is 3. The maximum Gasteiger partial charge on any atom is 0.224 e. The maximum atomic E-state index is 13.4. The third-order valence-corrected chi connectivity index (χ3v) is 2.80. The first-order valence-corrected chi connectivity index (χ1v) is 6.36. The average molecular weight is 307 g/mol. The summed E-state index contributed by atoms with van der Waals surface area (Å²) in [6.07, 6.45) is 0.426. The van der Waals surface area contributed by atoms with Crippen LogP contribution in [0.2, 0.25) is 0 Å². The quantitative estimate of drug-likeness (QED) is 0.848. The molecule has 20 heavy (non-hydrogen) atoms. The molecular formula is C14H21ClF2N2O. The Kier molecular flexibility index (Phi) is 8.34. The molecule has 114 valence electrons. The van der Waals surface area contributed by atoms with Crippen LogP contribution in [0, 0.1) is 17.6 Å². The molecule has 0 aliphatic rings. The molecule has 0 aromatic heterocycles. The highest BCUT2D eigenvalue weighted by molar-refractivity contribution is 5.85. The number of nitrogens with one attached hydrogen (secondary N) is 1. The van der Waals surface area contributed by atoms with E-state index in [-0.39, 0.29) is 30.4 Å². The Labute approximate surface area is 124 Å². The van der Waals surface area contributed by atoms with Crippen LogP contribution in [0.25, 0.3) is 0 Å². The van der Waals surface area contributed by atoms with Crippen LogP contribution in [0.15, 0.2) is 18.2 Å². The van der Waals surface area contributed by atoms with Crippen molar-refractivity contribution in [1.82, 2.24) is 5.32 Å². The number of nitrogens with two attached hydrogens (primary N) is 1. The SMILES string of the molecule is CC(C)CC(CN)NC(=O)Cc1c(F)cccc1F.Cl. The second-order valence-electron chi connectivity index (χ2n) is 5.01. The lowest BCUT2D eigenvalue weighted by atomic mass is 10.0. The molecule has 0 saturated carbocycles. The Morgan fingerprint density at radius 1 is 1.30 bits per heavy atom. The van der Waals surface area contributed by atoms with E-state index in [4.69, 9.17) is 5.73 Å². The van der Waals surface area contributed by atoms with Crippen LogP contribution in [0.5, 0.6) is 0 Å². The van der Waals surface area contributed by atoms with Crippen molar-refractivity contribution in [2.24, 2.45) is 11.7 Å². The summed E-state index contributed by atoms with van der Waals surface area (Å²) in [6.45, 7) is 4.35. The number of benzene rings is 1. The van der Waals surface area contributed by atoms with Crippen molar-refractivity contribution in [3.8, 4) is 0 Å². The topological polar surface area (TPSA) is 55.1 Å². The minimum absolute atomic E-state index is 0. The second-order valence-corrected chi connectivity index (χ2v) is 5.01. The van der Waals surface area contributed by atoms with Gasteiger partial charge in [0.25, 0.3) is 0 Å². The zero-order chi connectivity index (χ0) is 14.4. The van der Waals surface area contributed by atoms with Gasteiger partial charge < -0.3 is 11.1 Å². The Hall–Kier alpha value is -1.20. The summed E-state index contributed by atoms with van der Waals surface area (Å²) in [5, 5.41) is 2.70. The molecule has 0 fully saturated rings. The predicted octanol–water partition coefficient (Wildman–Crippen LogP) is 2.42. The molecule has 0 saturated heterocycles. The van der Waals surface area contributed by atoms with Crippen LogP contribution in [-0.4, -0.2) is 18.5 Å². The molecule has 3 N–H and O–H groups in total. The molecule has 6 heteroatoms. The summed E-state index contributed by atoms with van der Waals surface area (Å²) < 4.78 is 26.8. The number of rotatable bonds is 6. The Bertz CT molecular complexity index is 421. The molecule has 1 unspecified atom stereocenters. The minimum atomic E-state index is -0.705. The molecule has 0 aliphatic carbocycles.